The van der Waals surface area contributed by atoms with E-state index in [1.807, 2.05) is 13.8 Å². The predicted molar refractivity (Wildman–Crippen MR) is 81.2 cm³/mol. The van der Waals surface area contributed by atoms with Crippen molar-refractivity contribution in [2.24, 2.45) is 5.92 Å². The molecule has 2 rings (SSSR count). The molecule has 110 valence electrons. The van der Waals surface area contributed by atoms with Crippen LogP contribution in [0.4, 0.5) is 0 Å². The zero-order valence-electron chi connectivity index (χ0n) is 12.9. The number of aliphatic hydroxyl groups excluding tert-OH is 1. The Morgan fingerprint density at radius 1 is 1.30 bits per heavy atom. The van der Waals surface area contributed by atoms with Crippen LogP contribution in [0.25, 0.3) is 0 Å². The Kier molecular flexibility index (Phi) is 4.61. The van der Waals surface area contributed by atoms with Crippen LogP contribution in [0.2, 0.25) is 0 Å². The fraction of sp³-hybridized carbons (Fsp3) is 0.588. The van der Waals surface area contributed by atoms with Crippen LogP contribution >= 0.6 is 0 Å². The molecular weight excluding hydrogens is 250 g/mol. The SMILES string of the molecule is Cc1cc(C)c(C(=O)CN2CCC(C)C(O)C2)c(C)c1. The second-order valence-electron chi connectivity index (χ2n) is 6.27. The van der Waals surface area contributed by atoms with Gasteiger partial charge in [-0.05, 0) is 50.8 Å². The number of β-amino-alcohol motifs (C(OH)–C–C–N with tert-alkyl or cyclic N) is 1. The van der Waals surface area contributed by atoms with E-state index in [1.165, 1.54) is 5.56 Å². The zero-order valence-corrected chi connectivity index (χ0v) is 12.9. The van der Waals surface area contributed by atoms with Gasteiger partial charge in [-0.25, -0.2) is 0 Å². The van der Waals surface area contributed by atoms with Crippen molar-refractivity contribution < 1.29 is 9.90 Å². The number of nitrogens with zero attached hydrogens (tertiary/aromatic N) is 1. The van der Waals surface area contributed by atoms with Gasteiger partial charge in [-0.2, -0.15) is 0 Å². The van der Waals surface area contributed by atoms with Gasteiger partial charge in [0.15, 0.2) is 5.78 Å². The van der Waals surface area contributed by atoms with Crippen LogP contribution in [-0.2, 0) is 0 Å². The number of benzene rings is 1. The Morgan fingerprint density at radius 3 is 2.45 bits per heavy atom. The van der Waals surface area contributed by atoms with Gasteiger partial charge < -0.3 is 5.11 Å². The van der Waals surface area contributed by atoms with Gasteiger partial charge in [0, 0.05) is 12.1 Å². The molecule has 1 aromatic rings. The lowest BCUT2D eigenvalue weighted by atomic mass is 9.94. The minimum Gasteiger partial charge on any atom is -0.392 e. The first kappa shape index (κ1) is 15.2. The number of likely N-dealkylation sites (tertiary alicyclic amines) is 1. The molecule has 2 atom stereocenters. The van der Waals surface area contributed by atoms with E-state index < -0.39 is 0 Å². The summed E-state index contributed by atoms with van der Waals surface area (Å²) in [6, 6.07) is 4.13. The maximum absolute atomic E-state index is 12.5. The second kappa shape index (κ2) is 6.06. The number of aliphatic hydroxyl groups is 1. The molecule has 1 heterocycles. The maximum Gasteiger partial charge on any atom is 0.177 e. The standard InChI is InChI=1S/C17H25NO2/c1-11-7-13(3)17(14(4)8-11)16(20)10-18-6-5-12(2)15(19)9-18/h7-8,12,15,19H,5-6,9-10H2,1-4H3. The summed E-state index contributed by atoms with van der Waals surface area (Å²) in [4.78, 5) is 14.6. The fourth-order valence-corrected chi connectivity index (χ4v) is 3.16. The van der Waals surface area contributed by atoms with Crippen LogP contribution in [0.3, 0.4) is 0 Å². The van der Waals surface area contributed by atoms with Gasteiger partial charge in [0.1, 0.15) is 0 Å². The van der Waals surface area contributed by atoms with Gasteiger partial charge >= 0.3 is 0 Å². The third-order valence-corrected chi connectivity index (χ3v) is 4.33. The number of hydrogen-bond acceptors (Lipinski definition) is 3. The molecule has 0 aliphatic carbocycles. The molecule has 2 unspecified atom stereocenters. The number of piperidine rings is 1. The third kappa shape index (κ3) is 3.28. The Bertz CT molecular complexity index is 487. The average Bonchev–Trinajstić information content (AvgIpc) is 2.32. The zero-order chi connectivity index (χ0) is 14.9. The Morgan fingerprint density at radius 2 is 1.90 bits per heavy atom. The molecule has 0 bridgehead atoms. The monoisotopic (exact) mass is 275 g/mol. The molecular formula is C17H25NO2. The number of rotatable bonds is 3. The lowest BCUT2D eigenvalue weighted by Crippen LogP contribution is -2.45. The summed E-state index contributed by atoms with van der Waals surface area (Å²) < 4.78 is 0. The van der Waals surface area contributed by atoms with Crippen molar-refractivity contribution in [3.05, 3.63) is 34.4 Å². The van der Waals surface area contributed by atoms with Crippen LogP contribution in [0.5, 0.6) is 0 Å². The minimum absolute atomic E-state index is 0.168. The highest BCUT2D eigenvalue weighted by Gasteiger charge is 2.26. The Labute approximate surface area is 121 Å². The summed E-state index contributed by atoms with van der Waals surface area (Å²) >= 11 is 0. The lowest BCUT2D eigenvalue weighted by Gasteiger charge is -2.33. The molecule has 1 N–H and O–H groups in total. The van der Waals surface area contributed by atoms with E-state index in [0.717, 1.165) is 29.7 Å². The van der Waals surface area contributed by atoms with Gasteiger partial charge in [-0.1, -0.05) is 24.6 Å². The van der Waals surface area contributed by atoms with E-state index in [9.17, 15) is 9.90 Å². The van der Waals surface area contributed by atoms with Crippen LogP contribution in [0.1, 0.15) is 40.4 Å². The number of carbonyl (C=O) groups is 1. The molecule has 3 nitrogen and oxygen atoms in total. The largest absolute Gasteiger partial charge is 0.392 e. The van der Waals surface area contributed by atoms with Crippen molar-refractivity contribution in [3.63, 3.8) is 0 Å². The average molecular weight is 275 g/mol. The molecule has 20 heavy (non-hydrogen) atoms. The molecule has 1 fully saturated rings. The van der Waals surface area contributed by atoms with E-state index in [4.69, 9.17) is 0 Å². The molecule has 1 aliphatic heterocycles. The van der Waals surface area contributed by atoms with Gasteiger partial charge in [0.2, 0.25) is 0 Å². The predicted octanol–water partition coefficient (Wildman–Crippen LogP) is 2.50. The van der Waals surface area contributed by atoms with Crippen molar-refractivity contribution in [2.75, 3.05) is 19.6 Å². The Balaban J connectivity index is 2.09. The highest BCUT2D eigenvalue weighted by molar-refractivity contribution is 6.00. The molecule has 0 spiro atoms. The third-order valence-electron chi connectivity index (χ3n) is 4.33. The highest BCUT2D eigenvalue weighted by atomic mass is 16.3. The fourth-order valence-electron chi connectivity index (χ4n) is 3.16. The van der Waals surface area contributed by atoms with Crippen molar-refractivity contribution in [1.82, 2.24) is 4.90 Å². The van der Waals surface area contributed by atoms with Crippen molar-refractivity contribution >= 4 is 5.78 Å². The normalized spacial score (nSPS) is 23.9. The number of hydrogen-bond donors (Lipinski definition) is 1. The van der Waals surface area contributed by atoms with Gasteiger partial charge in [0.25, 0.3) is 0 Å². The van der Waals surface area contributed by atoms with E-state index >= 15 is 0 Å². The topological polar surface area (TPSA) is 40.5 Å². The van der Waals surface area contributed by atoms with Crippen LogP contribution in [-0.4, -0.2) is 41.5 Å². The maximum atomic E-state index is 12.5. The molecule has 0 amide bonds. The molecule has 3 heteroatoms. The molecule has 1 saturated heterocycles. The van der Waals surface area contributed by atoms with E-state index in [1.54, 1.807) is 0 Å². The number of aryl methyl sites for hydroxylation is 3. The van der Waals surface area contributed by atoms with E-state index in [0.29, 0.717) is 19.0 Å². The van der Waals surface area contributed by atoms with E-state index in [-0.39, 0.29) is 11.9 Å². The second-order valence-corrected chi connectivity index (χ2v) is 6.27. The van der Waals surface area contributed by atoms with Crippen molar-refractivity contribution in [2.45, 2.75) is 40.2 Å². The molecule has 1 aromatic carbocycles. The smallest absolute Gasteiger partial charge is 0.177 e. The first-order valence-electron chi connectivity index (χ1n) is 7.40. The van der Waals surface area contributed by atoms with Gasteiger partial charge in [0.05, 0.1) is 12.6 Å². The van der Waals surface area contributed by atoms with Crippen molar-refractivity contribution in [1.29, 1.82) is 0 Å². The quantitative estimate of drug-likeness (QED) is 0.862. The summed E-state index contributed by atoms with van der Waals surface area (Å²) in [6.07, 6.45) is 0.650. The molecule has 0 radical (unpaired) electrons. The minimum atomic E-state index is -0.309. The summed E-state index contributed by atoms with van der Waals surface area (Å²) in [7, 11) is 0. The number of Topliss-reactive ketones (excluding diaryl/α,β-unsaturated/α-hetero) is 1. The summed E-state index contributed by atoms with van der Waals surface area (Å²) in [5.74, 6) is 0.506. The van der Waals surface area contributed by atoms with Crippen LogP contribution in [0.15, 0.2) is 12.1 Å². The summed E-state index contributed by atoms with van der Waals surface area (Å²) in [5.41, 5.74) is 4.15. The first-order chi connectivity index (χ1) is 9.38. The molecule has 0 saturated carbocycles. The molecule has 1 aliphatic rings. The van der Waals surface area contributed by atoms with Crippen LogP contribution in [0, 0.1) is 26.7 Å². The van der Waals surface area contributed by atoms with E-state index in [2.05, 4.69) is 30.9 Å². The number of ketones is 1. The van der Waals surface area contributed by atoms with Crippen molar-refractivity contribution in [3.8, 4) is 0 Å². The Hall–Kier alpha value is -1.19. The van der Waals surface area contributed by atoms with Gasteiger partial charge in [-0.15, -0.1) is 0 Å². The highest BCUT2D eigenvalue weighted by Crippen LogP contribution is 2.20. The summed E-state index contributed by atoms with van der Waals surface area (Å²) in [5, 5.41) is 9.92. The lowest BCUT2D eigenvalue weighted by molar-refractivity contribution is 0.0294. The summed E-state index contributed by atoms with van der Waals surface area (Å²) in [6.45, 7) is 10.0. The number of carbonyl (C=O) groups excluding carboxylic acids is 1. The van der Waals surface area contributed by atoms with Crippen LogP contribution < -0.4 is 0 Å². The first-order valence-corrected chi connectivity index (χ1v) is 7.40. The molecule has 0 aromatic heterocycles. The van der Waals surface area contributed by atoms with Gasteiger partial charge in [-0.3, -0.25) is 9.69 Å².